The zero-order valence-corrected chi connectivity index (χ0v) is 19.5. The first-order chi connectivity index (χ1) is 15.1. The Morgan fingerprint density at radius 1 is 0.903 bits per heavy atom. The van der Waals surface area contributed by atoms with E-state index in [-0.39, 0.29) is 16.8 Å². The minimum Gasteiger partial charge on any atom is -0.369 e. The monoisotopic (exact) mass is 461 g/mol. The minimum atomic E-state index is -3.70. The molecular formula is C23H31N3O3S2. The van der Waals surface area contributed by atoms with E-state index in [0.29, 0.717) is 31.1 Å². The lowest BCUT2D eigenvalue weighted by Gasteiger charge is -2.35. The van der Waals surface area contributed by atoms with Gasteiger partial charge in [0.2, 0.25) is 10.0 Å². The SMILES string of the molecule is O=C(NC1CCCCCCC1)c1sccc1S(=O)(=O)N1CCN(c2ccccc2)CC1. The van der Waals surface area contributed by atoms with E-state index < -0.39 is 10.0 Å². The Kier molecular flexibility index (Phi) is 7.30. The van der Waals surface area contributed by atoms with Crippen molar-refractivity contribution in [3.63, 3.8) is 0 Å². The molecule has 1 N–H and O–H groups in total. The summed E-state index contributed by atoms with van der Waals surface area (Å²) in [5.41, 5.74) is 1.11. The second-order valence-corrected chi connectivity index (χ2v) is 11.2. The predicted molar refractivity (Wildman–Crippen MR) is 125 cm³/mol. The van der Waals surface area contributed by atoms with Crippen molar-refractivity contribution in [2.75, 3.05) is 31.1 Å². The van der Waals surface area contributed by atoms with Gasteiger partial charge in [0, 0.05) is 37.9 Å². The summed E-state index contributed by atoms with van der Waals surface area (Å²) < 4.78 is 28.2. The van der Waals surface area contributed by atoms with Crippen LogP contribution in [0.5, 0.6) is 0 Å². The quantitative estimate of drug-likeness (QED) is 0.728. The molecule has 0 spiro atoms. The number of hydrogen-bond donors (Lipinski definition) is 1. The van der Waals surface area contributed by atoms with E-state index in [1.165, 1.54) is 34.9 Å². The largest absolute Gasteiger partial charge is 0.369 e. The number of sulfonamides is 1. The van der Waals surface area contributed by atoms with Crippen LogP contribution in [-0.2, 0) is 10.0 Å². The van der Waals surface area contributed by atoms with Crippen molar-refractivity contribution >= 4 is 33.0 Å². The third kappa shape index (κ3) is 5.30. The van der Waals surface area contributed by atoms with E-state index in [1.54, 1.807) is 11.4 Å². The lowest BCUT2D eigenvalue weighted by molar-refractivity contribution is 0.0931. The average molecular weight is 462 g/mol. The van der Waals surface area contributed by atoms with Crippen molar-refractivity contribution in [2.45, 2.75) is 55.9 Å². The third-order valence-corrected chi connectivity index (χ3v) is 9.24. The number of thiophene rings is 1. The van der Waals surface area contributed by atoms with E-state index in [2.05, 4.69) is 10.2 Å². The van der Waals surface area contributed by atoms with Gasteiger partial charge in [-0.3, -0.25) is 4.79 Å². The molecule has 1 aliphatic heterocycles. The lowest BCUT2D eigenvalue weighted by atomic mass is 9.97. The Morgan fingerprint density at radius 2 is 1.55 bits per heavy atom. The number of hydrogen-bond acceptors (Lipinski definition) is 5. The standard InChI is InChI=1S/C23H31N3O3S2/c27-23(24-19-9-5-2-1-3-6-10-19)22-21(13-18-30-22)31(28,29)26-16-14-25(15-17-26)20-11-7-4-8-12-20/h4,7-8,11-13,18-19H,1-3,5-6,9-10,14-17H2,(H,24,27). The molecule has 2 aromatic rings. The summed E-state index contributed by atoms with van der Waals surface area (Å²) >= 11 is 1.22. The number of anilines is 1. The van der Waals surface area contributed by atoms with Crippen molar-refractivity contribution in [2.24, 2.45) is 0 Å². The summed E-state index contributed by atoms with van der Waals surface area (Å²) in [7, 11) is -3.70. The van der Waals surface area contributed by atoms with Gasteiger partial charge in [0.05, 0.1) is 0 Å². The van der Waals surface area contributed by atoms with Crippen LogP contribution in [0.15, 0.2) is 46.7 Å². The molecule has 0 atom stereocenters. The number of nitrogens with one attached hydrogen (secondary N) is 1. The molecule has 8 heteroatoms. The zero-order valence-electron chi connectivity index (χ0n) is 17.8. The van der Waals surface area contributed by atoms with Gasteiger partial charge in [0.1, 0.15) is 9.77 Å². The predicted octanol–water partition coefficient (Wildman–Crippen LogP) is 4.10. The Bertz CT molecular complexity index is 959. The molecule has 2 aliphatic rings. The van der Waals surface area contributed by atoms with Crippen LogP contribution < -0.4 is 10.2 Å². The van der Waals surface area contributed by atoms with Crippen LogP contribution in [0.3, 0.4) is 0 Å². The van der Waals surface area contributed by atoms with Gasteiger partial charge < -0.3 is 10.2 Å². The summed E-state index contributed by atoms with van der Waals surface area (Å²) in [5.74, 6) is -0.248. The fourth-order valence-corrected chi connectivity index (χ4v) is 7.21. The Balaban J connectivity index is 1.42. The van der Waals surface area contributed by atoms with E-state index in [1.807, 2.05) is 30.3 Å². The highest BCUT2D eigenvalue weighted by Gasteiger charge is 2.33. The second-order valence-electron chi connectivity index (χ2n) is 8.36. The van der Waals surface area contributed by atoms with Crippen molar-refractivity contribution in [3.05, 3.63) is 46.7 Å². The van der Waals surface area contributed by atoms with Crippen molar-refractivity contribution < 1.29 is 13.2 Å². The summed E-state index contributed by atoms with van der Waals surface area (Å²) in [6.45, 7) is 2.10. The Morgan fingerprint density at radius 3 is 2.23 bits per heavy atom. The fourth-order valence-electron chi connectivity index (χ4n) is 4.48. The number of piperazine rings is 1. The molecule has 6 nitrogen and oxygen atoms in total. The van der Waals surface area contributed by atoms with Gasteiger partial charge in [-0.1, -0.05) is 50.3 Å². The molecule has 1 amide bonds. The van der Waals surface area contributed by atoms with Crippen LogP contribution in [0.4, 0.5) is 5.69 Å². The molecule has 0 unspecified atom stereocenters. The highest BCUT2D eigenvalue weighted by Crippen LogP contribution is 2.28. The molecule has 1 aromatic heterocycles. The molecule has 2 heterocycles. The molecule has 1 saturated heterocycles. The van der Waals surface area contributed by atoms with Gasteiger partial charge in [0.25, 0.3) is 5.91 Å². The first-order valence-corrected chi connectivity index (χ1v) is 13.6. The summed E-state index contributed by atoms with van der Waals surface area (Å²) in [5, 5.41) is 4.82. The van der Waals surface area contributed by atoms with Crippen LogP contribution >= 0.6 is 11.3 Å². The molecule has 0 bridgehead atoms. The number of nitrogens with zero attached hydrogens (tertiary/aromatic N) is 2. The van der Waals surface area contributed by atoms with Crippen molar-refractivity contribution in [1.82, 2.24) is 9.62 Å². The topological polar surface area (TPSA) is 69.7 Å². The highest BCUT2D eigenvalue weighted by atomic mass is 32.2. The number of benzene rings is 1. The maximum atomic E-state index is 13.3. The molecule has 31 heavy (non-hydrogen) atoms. The molecular weight excluding hydrogens is 430 g/mol. The van der Waals surface area contributed by atoms with E-state index in [0.717, 1.165) is 31.4 Å². The summed E-state index contributed by atoms with van der Waals surface area (Å²) in [4.78, 5) is 15.6. The first kappa shape index (κ1) is 22.3. The van der Waals surface area contributed by atoms with Crippen LogP contribution in [0.25, 0.3) is 0 Å². The maximum absolute atomic E-state index is 13.3. The number of carbonyl (C=O) groups is 1. The van der Waals surface area contributed by atoms with Crippen LogP contribution in [0.1, 0.15) is 54.6 Å². The zero-order chi connectivity index (χ0) is 21.7. The summed E-state index contributed by atoms with van der Waals surface area (Å²) in [6, 6.07) is 11.8. The van der Waals surface area contributed by atoms with E-state index in [9.17, 15) is 13.2 Å². The minimum absolute atomic E-state index is 0.139. The van der Waals surface area contributed by atoms with Gasteiger partial charge in [-0.15, -0.1) is 11.3 Å². The number of rotatable bonds is 5. The molecule has 2 fully saturated rings. The van der Waals surface area contributed by atoms with Gasteiger partial charge >= 0.3 is 0 Å². The van der Waals surface area contributed by atoms with Gasteiger partial charge in [-0.2, -0.15) is 4.31 Å². The van der Waals surface area contributed by atoms with Crippen molar-refractivity contribution in [1.29, 1.82) is 0 Å². The van der Waals surface area contributed by atoms with Crippen LogP contribution in [0, 0.1) is 0 Å². The average Bonchev–Trinajstić information content (AvgIpc) is 3.27. The van der Waals surface area contributed by atoms with Crippen LogP contribution in [-0.4, -0.2) is 50.9 Å². The highest BCUT2D eigenvalue weighted by molar-refractivity contribution is 7.89. The molecule has 4 rings (SSSR count). The Labute approximate surface area is 189 Å². The Hall–Kier alpha value is -1.90. The number of para-hydroxylation sites is 1. The van der Waals surface area contributed by atoms with E-state index in [4.69, 9.17) is 0 Å². The first-order valence-electron chi connectivity index (χ1n) is 11.2. The molecule has 0 radical (unpaired) electrons. The third-order valence-electron chi connectivity index (χ3n) is 6.25. The van der Waals surface area contributed by atoms with Gasteiger partial charge in [-0.25, -0.2) is 8.42 Å². The van der Waals surface area contributed by atoms with Gasteiger partial charge in [-0.05, 0) is 36.4 Å². The number of amides is 1. The number of carbonyl (C=O) groups excluding carboxylic acids is 1. The van der Waals surface area contributed by atoms with Crippen LogP contribution in [0.2, 0.25) is 0 Å². The maximum Gasteiger partial charge on any atom is 0.262 e. The molecule has 1 saturated carbocycles. The molecule has 168 valence electrons. The lowest BCUT2D eigenvalue weighted by Crippen LogP contribution is -2.49. The molecule has 1 aliphatic carbocycles. The smallest absolute Gasteiger partial charge is 0.262 e. The molecule has 1 aromatic carbocycles. The van der Waals surface area contributed by atoms with E-state index >= 15 is 0 Å². The fraction of sp³-hybridized carbons (Fsp3) is 0.522. The normalized spacial score (nSPS) is 19.5. The second kappa shape index (κ2) is 10.1. The summed E-state index contributed by atoms with van der Waals surface area (Å²) in [6.07, 6.45) is 7.87. The van der Waals surface area contributed by atoms with Crippen molar-refractivity contribution in [3.8, 4) is 0 Å². The van der Waals surface area contributed by atoms with Gasteiger partial charge in [0.15, 0.2) is 0 Å².